The maximum absolute atomic E-state index is 13.3. The van der Waals surface area contributed by atoms with Gasteiger partial charge in [-0.25, -0.2) is 0 Å². The first-order valence-corrected chi connectivity index (χ1v) is 8.19. The van der Waals surface area contributed by atoms with Gasteiger partial charge in [0.1, 0.15) is 11.5 Å². The number of carbonyl (C=O) groups excluding carboxylic acids is 1. The molecule has 0 fully saturated rings. The smallest absolute Gasteiger partial charge is 0.304 e. The second-order valence-electron chi connectivity index (χ2n) is 6.32. The Morgan fingerprint density at radius 1 is 0.852 bits per heavy atom. The summed E-state index contributed by atoms with van der Waals surface area (Å²) in [6, 6.07) is 9.59. The lowest BCUT2D eigenvalue weighted by Crippen LogP contribution is -2.40. The second kappa shape index (κ2) is 6.75. The summed E-state index contributed by atoms with van der Waals surface area (Å²) in [4.78, 5) is 36.7. The Balaban J connectivity index is 2.47. The lowest BCUT2D eigenvalue weighted by Gasteiger charge is -2.39. The molecule has 3 rings (SSSR count). The summed E-state index contributed by atoms with van der Waals surface area (Å²) in [6.07, 6.45) is -0.986. The number of hydrogen-bond acceptors (Lipinski definition) is 5. The molecule has 0 aromatic heterocycles. The van der Waals surface area contributed by atoms with Crippen LogP contribution in [0.5, 0.6) is 11.5 Å². The third-order valence-electron chi connectivity index (χ3n) is 4.88. The van der Waals surface area contributed by atoms with E-state index >= 15 is 0 Å². The van der Waals surface area contributed by atoms with Gasteiger partial charge in [-0.05, 0) is 23.3 Å². The van der Waals surface area contributed by atoms with E-state index in [0.29, 0.717) is 11.1 Å². The number of fused-ring (bicyclic) bond motifs is 2. The standard InChI is InChI=1S/C20H18O7/c1-26-13-7-3-5-11-17(13)19(25)18-12(6-4-8-14(18)27-2)20(11,9-15(21)22)10-16(23)24/h3-8H,9-10H2,1-2H3,(H,21,22)(H,23,24). The number of methoxy groups -OCH3 is 2. The molecule has 1 aliphatic rings. The molecular weight excluding hydrogens is 352 g/mol. The van der Waals surface area contributed by atoms with Crippen molar-refractivity contribution in [1.29, 1.82) is 0 Å². The van der Waals surface area contributed by atoms with Crippen LogP contribution in [0.1, 0.15) is 39.9 Å². The predicted molar refractivity (Wildman–Crippen MR) is 94.7 cm³/mol. The molecule has 0 saturated heterocycles. The monoisotopic (exact) mass is 370 g/mol. The van der Waals surface area contributed by atoms with E-state index in [4.69, 9.17) is 9.47 Å². The molecule has 0 radical (unpaired) electrons. The number of carbonyl (C=O) groups is 3. The van der Waals surface area contributed by atoms with Gasteiger partial charge in [-0.2, -0.15) is 0 Å². The van der Waals surface area contributed by atoms with Gasteiger partial charge in [0.2, 0.25) is 5.78 Å². The quantitative estimate of drug-likeness (QED) is 0.804. The SMILES string of the molecule is COc1cccc2c1C(=O)c1c(OC)cccc1C2(CC(=O)O)CC(=O)O. The van der Waals surface area contributed by atoms with Crippen molar-refractivity contribution in [3.63, 3.8) is 0 Å². The van der Waals surface area contributed by atoms with Crippen molar-refractivity contribution < 1.29 is 34.1 Å². The van der Waals surface area contributed by atoms with Gasteiger partial charge in [-0.3, -0.25) is 14.4 Å². The molecule has 0 heterocycles. The van der Waals surface area contributed by atoms with Crippen molar-refractivity contribution in [3.05, 3.63) is 58.7 Å². The second-order valence-corrected chi connectivity index (χ2v) is 6.32. The van der Waals surface area contributed by atoms with E-state index in [1.807, 2.05) is 0 Å². The fraction of sp³-hybridized carbons (Fsp3) is 0.250. The van der Waals surface area contributed by atoms with Gasteiger partial charge in [-0.1, -0.05) is 24.3 Å². The zero-order chi connectivity index (χ0) is 19.8. The Bertz CT molecular complexity index is 870. The molecule has 2 N–H and O–H groups in total. The van der Waals surface area contributed by atoms with Gasteiger partial charge in [0.25, 0.3) is 0 Å². The van der Waals surface area contributed by atoms with Crippen LogP contribution in [-0.4, -0.2) is 42.2 Å². The molecule has 0 aliphatic heterocycles. The van der Waals surface area contributed by atoms with Crippen molar-refractivity contribution in [2.45, 2.75) is 18.3 Å². The van der Waals surface area contributed by atoms with E-state index in [9.17, 15) is 24.6 Å². The van der Waals surface area contributed by atoms with Crippen LogP contribution in [0.15, 0.2) is 36.4 Å². The van der Waals surface area contributed by atoms with Crippen LogP contribution in [-0.2, 0) is 15.0 Å². The molecule has 0 saturated carbocycles. The molecule has 0 spiro atoms. The van der Waals surface area contributed by atoms with Gasteiger partial charge in [-0.15, -0.1) is 0 Å². The number of hydrogen-bond donors (Lipinski definition) is 2. The Labute approximate surface area is 155 Å². The first-order valence-electron chi connectivity index (χ1n) is 8.19. The zero-order valence-corrected chi connectivity index (χ0v) is 14.8. The molecule has 0 atom stereocenters. The highest BCUT2D eigenvalue weighted by molar-refractivity contribution is 6.16. The number of rotatable bonds is 6. The highest BCUT2D eigenvalue weighted by Gasteiger charge is 2.48. The Hall–Kier alpha value is -3.35. The molecule has 1 aliphatic carbocycles. The van der Waals surface area contributed by atoms with E-state index < -0.39 is 30.2 Å². The first kappa shape index (κ1) is 18.4. The van der Waals surface area contributed by atoms with Gasteiger partial charge < -0.3 is 19.7 Å². The summed E-state index contributed by atoms with van der Waals surface area (Å²) < 4.78 is 10.6. The van der Waals surface area contributed by atoms with Crippen LogP contribution in [0.2, 0.25) is 0 Å². The fourth-order valence-electron chi connectivity index (χ4n) is 3.90. The van der Waals surface area contributed by atoms with Crippen LogP contribution < -0.4 is 9.47 Å². The van der Waals surface area contributed by atoms with E-state index in [1.165, 1.54) is 14.2 Å². The highest BCUT2D eigenvalue weighted by atomic mass is 16.5. The summed E-state index contributed by atoms with van der Waals surface area (Å²) in [5.74, 6) is -2.22. The number of ketones is 1. The third-order valence-corrected chi connectivity index (χ3v) is 4.88. The molecule has 2 aromatic carbocycles. The molecule has 7 heteroatoms. The molecule has 0 amide bonds. The van der Waals surface area contributed by atoms with Crippen LogP contribution in [0.3, 0.4) is 0 Å². The normalized spacial score (nSPS) is 14.1. The molecule has 140 valence electrons. The maximum Gasteiger partial charge on any atom is 0.304 e. The largest absolute Gasteiger partial charge is 0.496 e. The highest BCUT2D eigenvalue weighted by Crippen LogP contribution is 2.50. The zero-order valence-electron chi connectivity index (χ0n) is 14.8. The van der Waals surface area contributed by atoms with E-state index in [2.05, 4.69) is 0 Å². The van der Waals surface area contributed by atoms with Gasteiger partial charge in [0.15, 0.2) is 0 Å². The number of benzene rings is 2. The molecule has 7 nitrogen and oxygen atoms in total. The summed E-state index contributed by atoms with van der Waals surface area (Å²) in [5, 5.41) is 19.1. The lowest BCUT2D eigenvalue weighted by molar-refractivity contribution is -0.140. The minimum absolute atomic E-state index is 0.166. The number of aliphatic carboxylic acids is 2. The van der Waals surface area contributed by atoms with Crippen LogP contribution in [0.4, 0.5) is 0 Å². The summed E-state index contributed by atoms with van der Waals surface area (Å²) >= 11 is 0. The van der Waals surface area contributed by atoms with Crippen molar-refractivity contribution >= 4 is 17.7 Å². The predicted octanol–water partition coefficient (Wildman–Crippen LogP) is 2.48. The molecule has 0 bridgehead atoms. The maximum atomic E-state index is 13.3. The van der Waals surface area contributed by atoms with Crippen molar-refractivity contribution in [1.82, 2.24) is 0 Å². The number of carboxylic acids is 2. The minimum Gasteiger partial charge on any atom is -0.496 e. The van der Waals surface area contributed by atoms with E-state index in [-0.39, 0.29) is 28.4 Å². The minimum atomic E-state index is -1.43. The molecule has 0 unspecified atom stereocenters. The van der Waals surface area contributed by atoms with Gasteiger partial charge in [0.05, 0.1) is 38.2 Å². The van der Waals surface area contributed by atoms with Crippen molar-refractivity contribution in [3.8, 4) is 11.5 Å². The molecular formula is C20H18O7. The average Bonchev–Trinajstić information content (AvgIpc) is 2.63. The van der Waals surface area contributed by atoms with E-state index in [0.717, 1.165) is 0 Å². The summed E-state index contributed by atoms with van der Waals surface area (Å²) in [7, 11) is 2.80. The van der Waals surface area contributed by atoms with E-state index in [1.54, 1.807) is 36.4 Å². The first-order chi connectivity index (χ1) is 12.9. The molecule has 2 aromatic rings. The fourth-order valence-corrected chi connectivity index (χ4v) is 3.90. The Morgan fingerprint density at radius 2 is 1.26 bits per heavy atom. The lowest BCUT2D eigenvalue weighted by atomic mass is 9.62. The average molecular weight is 370 g/mol. The van der Waals surface area contributed by atoms with Gasteiger partial charge in [0, 0.05) is 5.41 Å². The Kier molecular flexibility index (Phi) is 4.61. The van der Waals surface area contributed by atoms with Crippen LogP contribution in [0, 0.1) is 0 Å². The van der Waals surface area contributed by atoms with Crippen molar-refractivity contribution in [2.24, 2.45) is 0 Å². The summed E-state index contributed by atoms with van der Waals surface area (Å²) in [5.41, 5.74) is -0.437. The summed E-state index contributed by atoms with van der Waals surface area (Å²) in [6.45, 7) is 0. The van der Waals surface area contributed by atoms with Crippen LogP contribution in [0.25, 0.3) is 0 Å². The third kappa shape index (κ3) is 2.81. The van der Waals surface area contributed by atoms with Crippen LogP contribution >= 0.6 is 0 Å². The molecule has 27 heavy (non-hydrogen) atoms. The Morgan fingerprint density at radius 3 is 1.59 bits per heavy atom. The van der Waals surface area contributed by atoms with Crippen molar-refractivity contribution in [2.75, 3.05) is 14.2 Å². The topological polar surface area (TPSA) is 110 Å². The number of carboxylic acid groups (broad SMARTS) is 2. The van der Waals surface area contributed by atoms with Gasteiger partial charge >= 0.3 is 11.9 Å². The number of ether oxygens (including phenoxy) is 2.